The summed E-state index contributed by atoms with van der Waals surface area (Å²) in [6.45, 7) is 6.90. The highest BCUT2D eigenvalue weighted by molar-refractivity contribution is 9.10. The number of fused-ring (bicyclic) bond motifs is 1. The minimum absolute atomic E-state index is 0.0395. The maximum absolute atomic E-state index is 13.0. The first kappa shape index (κ1) is 17.5. The molecule has 0 saturated heterocycles. The van der Waals surface area contributed by atoms with Crippen LogP contribution in [0.1, 0.15) is 24.5 Å². The van der Waals surface area contributed by atoms with E-state index in [2.05, 4.69) is 29.4 Å². The van der Waals surface area contributed by atoms with E-state index in [4.69, 9.17) is 4.74 Å². The molecule has 0 spiro atoms. The largest absolute Gasteiger partial charge is 0.489 e. The summed E-state index contributed by atoms with van der Waals surface area (Å²) >= 11 is 3.50. The van der Waals surface area contributed by atoms with Crippen LogP contribution in [0.2, 0.25) is 0 Å². The maximum Gasteiger partial charge on any atom is 0.258 e. The lowest BCUT2D eigenvalue weighted by Crippen LogP contribution is -2.26. The second-order valence-corrected chi connectivity index (χ2v) is 6.73. The van der Waals surface area contributed by atoms with Gasteiger partial charge in [-0.15, -0.1) is 0 Å². The molecule has 0 unspecified atom stereocenters. The molecule has 0 radical (unpaired) electrons. The smallest absolute Gasteiger partial charge is 0.258 e. The predicted molar refractivity (Wildman–Crippen MR) is 107 cm³/mol. The molecule has 0 aliphatic carbocycles. The van der Waals surface area contributed by atoms with Gasteiger partial charge in [-0.2, -0.15) is 0 Å². The number of nitrogens with zero attached hydrogens (tertiary/aromatic N) is 1. The van der Waals surface area contributed by atoms with Gasteiger partial charge in [0.25, 0.3) is 5.91 Å². The first-order valence-electron chi connectivity index (χ1n) is 8.32. The first-order valence-corrected chi connectivity index (χ1v) is 9.11. The Morgan fingerprint density at radius 3 is 2.80 bits per heavy atom. The summed E-state index contributed by atoms with van der Waals surface area (Å²) in [6.07, 6.45) is 4.54. The van der Waals surface area contributed by atoms with Crippen LogP contribution in [0.4, 0.5) is 5.69 Å². The average Bonchev–Trinajstić information content (AvgIpc) is 2.87. The van der Waals surface area contributed by atoms with Crippen molar-refractivity contribution in [1.82, 2.24) is 0 Å². The molecule has 0 atom stereocenters. The molecule has 0 saturated carbocycles. The van der Waals surface area contributed by atoms with Crippen molar-refractivity contribution in [3.05, 3.63) is 70.7 Å². The molecule has 3 nitrogen and oxygen atoms in total. The van der Waals surface area contributed by atoms with Crippen molar-refractivity contribution in [3.63, 3.8) is 0 Å². The van der Waals surface area contributed by atoms with Crippen LogP contribution in [-0.4, -0.2) is 19.1 Å². The van der Waals surface area contributed by atoms with Crippen LogP contribution in [0.3, 0.4) is 0 Å². The van der Waals surface area contributed by atoms with E-state index in [1.54, 1.807) is 6.08 Å². The Labute approximate surface area is 156 Å². The molecule has 2 aromatic carbocycles. The lowest BCUT2D eigenvalue weighted by Gasteiger charge is -2.15. The van der Waals surface area contributed by atoms with E-state index in [1.807, 2.05) is 53.4 Å². The summed E-state index contributed by atoms with van der Waals surface area (Å²) in [5, 5.41) is 0. The number of rotatable bonds is 6. The lowest BCUT2D eigenvalue weighted by atomic mass is 10.0. The number of hydrogen-bond acceptors (Lipinski definition) is 2. The first-order chi connectivity index (χ1) is 12.2. The van der Waals surface area contributed by atoms with Crippen molar-refractivity contribution in [2.24, 2.45) is 0 Å². The van der Waals surface area contributed by atoms with Crippen LogP contribution in [0.15, 0.2) is 59.6 Å². The third-order valence-electron chi connectivity index (χ3n) is 4.04. The van der Waals surface area contributed by atoms with Gasteiger partial charge >= 0.3 is 0 Å². The SMILES string of the molecule is C=CCOc1ccc(Br)cc1/C=C1\C(=O)N(CCC)c2ccccc21. The quantitative estimate of drug-likeness (QED) is 0.488. The standard InChI is InChI=1S/C21H20BrNO2/c1-3-11-23-19-8-6-5-7-17(19)18(21(23)24)14-15-13-16(22)9-10-20(15)25-12-4-2/h4-10,13-14H,2-3,11-12H2,1H3/b18-14-. The number of ether oxygens (including phenoxy) is 1. The van der Waals surface area contributed by atoms with Gasteiger partial charge in [0.05, 0.1) is 5.69 Å². The fraction of sp³-hybridized carbons (Fsp3) is 0.190. The van der Waals surface area contributed by atoms with E-state index in [0.29, 0.717) is 18.7 Å². The van der Waals surface area contributed by atoms with Crippen LogP contribution in [0, 0.1) is 0 Å². The molecular formula is C21H20BrNO2. The lowest BCUT2D eigenvalue weighted by molar-refractivity contribution is -0.113. The third-order valence-corrected chi connectivity index (χ3v) is 4.53. The zero-order valence-corrected chi connectivity index (χ0v) is 15.8. The summed E-state index contributed by atoms with van der Waals surface area (Å²) in [5.41, 5.74) is 3.51. The Hall–Kier alpha value is -2.33. The zero-order valence-electron chi connectivity index (χ0n) is 14.2. The van der Waals surface area contributed by atoms with Crippen molar-refractivity contribution in [1.29, 1.82) is 0 Å². The molecular weight excluding hydrogens is 378 g/mol. The van der Waals surface area contributed by atoms with Crippen LogP contribution in [0.25, 0.3) is 11.6 Å². The second kappa shape index (κ2) is 7.70. The number of halogens is 1. The maximum atomic E-state index is 13.0. The van der Waals surface area contributed by atoms with Crippen molar-refractivity contribution in [2.45, 2.75) is 13.3 Å². The predicted octanol–water partition coefficient (Wildman–Crippen LogP) is 5.31. The Morgan fingerprint density at radius 2 is 2.04 bits per heavy atom. The molecule has 0 aromatic heterocycles. The Morgan fingerprint density at radius 1 is 1.24 bits per heavy atom. The number of carbonyl (C=O) groups excluding carboxylic acids is 1. The number of carbonyl (C=O) groups is 1. The van der Waals surface area contributed by atoms with Crippen molar-refractivity contribution in [3.8, 4) is 5.75 Å². The van der Waals surface area contributed by atoms with Crippen molar-refractivity contribution < 1.29 is 9.53 Å². The number of benzene rings is 2. The molecule has 4 heteroatoms. The molecule has 3 rings (SSSR count). The normalized spacial score (nSPS) is 14.7. The van der Waals surface area contributed by atoms with E-state index < -0.39 is 0 Å². The van der Waals surface area contributed by atoms with Crippen molar-refractivity contribution >= 4 is 39.2 Å². The van der Waals surface area contributed by atoms with Gasteiger partial charge in [-0.1, -0.05) is 53.7 Å². The molecule has 0 bridgehead atoms. The van der Waals surface area contributed by atoms with Gasteiger partial charge in [0.1, 0.15) is 12.4 Å². The summed E-state index contributed by atoms with van der Waals surface area (Å²) in [4.78, 5) is 14.8. The molecule has 0 fully saturated rings. The summed E-state index contributed by atoms with van der Waals surface area (Å²) < 4.78 is 6.68. The van der Waals surface area contributed by atoms with Gasteiger partial charge in [-0.25, -0.2) is 0 Å². The van der Waals surface area contributed by atoms with Crippen LogP contribution in [0.5, 0.6) is 5.75 Å². The molecule has 128 valence electrons. The van der Waals surface area contributed by atoms with Gasteiger partial charge in [0.15, 0.2) is 0 Å². The monoisotopic (exact) mass is 397 g/mol. The average molecular weight is 398 g/mol. The Balaban J connectivity index is 2.08. The molecule has 25 heavy (non-hydrogen) atoms. The van der Waals surface area contributed by atoms with Gasteiger partial charge in [-0.3, -0.25) is 4.79 Å². The topological polar surface area (TPSA) is 29.5 Å². The zero-order chi connectivity index (χ0) is 17.8. The molecule has 0 N–H and O–H groups in total. The van der Waals surface area contributed by atoms with E-state index in [0.717, 1.165) is 33.5 Å². The highest BCUT2D eigenvalue weighted by atomic mass is 79.9. The van der Waals surface area contributed by atoms with Gasteiger partial charge in [0, 0.05) is 27.7 Å². The third kappa shape index (κ3) is 3.54. The number of anilines is 1. The Bertz CT molecular complexity index is 842. The summed E-state index contributed by atoms with van der Waals surface area (Å²) in [6, 6.07) is 13.7. The van der Waals surface area contributed by atoms with E-state index >= 15 is 0 Å². The highest BCUT2D eigenvalue weighted by Gasteiger charge is 2.31. The minimum atomic E-state index is 0.0395. The van der Waals surface area contributed by atoms with Gasteiger partial charge in [0.2, 0.25) is 0 Å². The van der Waals surface area contributed by atoms with Crippen LogP contribution >= 0.6 is 15.9 Å². The van der Waals surface area contributed by atoms with Gasteiger partial charge in [-0.05, 0) is 36.8 Å². The second-order valence-electron chi connectivity index (χ2n) is 5.81. The minimum Gasteiger partial charge on any atom is -0.489 e. The Kier molecular flexibility index (Phi) is 5.39. The summed E-state index contributed by atoms with van der Waals surface area (Å²) in [7, 11) is 0. The van der Waals surface area contributed by atoms with E-state index in [1.165, 1.54) is 0 Å². The molecule has 1 aliphatic heterocycles. The van der Waals surface area contributed by atoms with Crippen LogP contribution in [-0.2, 0) is 4.79 Å². The number of para-hydroxylation sites is 1. The fourth-order valence-corrected chi connectivity index (χ4v) is 3.34. The molecule has 1 heterocycles. The van der Waals surface area contributed by atoms with E-state index in [-0.39, 0.29) is 5.91 Å². The molecule has 1 amide bonds. The number of hydrogen-bond donors (Lipinski definition) is 0. The molecule has 2 aromatic rings. The van der Waals surface area contributed by atoms with Gasteiger partial charge < -0.3 is 9.64 Å². The fourth-order valence-electron chi connectivity index (χ4n) is 2.96. The summed E-state index contributed by atoms with van der Waals surface area (Å²) in [5.74, 6) is 0.771. The van der Waals surface area contributed by atoms with Crippen LogP contribution < -0.4 is 9.64 Å². The van der Waals surface area contributed by atoms with E-state index in [9.17, 15) is 4.79 Å². The number of amides is 1. The molecule has 1 aliphatic rings. The highest BCUT2D eigenvalue weighted by Crippen LogP contribution is 2.39. The van der Waals surface area contributed by atoms with Crippen molar-refractivity contribution in [2.75, 3.05) is 18.1 Å².